The molecule has 29 heavy (non-hydrogen) atoms. The van der Waals surface area contributed by atoms with E-state index in [4.69, 9.17) is 9.26 Å². The molecule has 3 rings (SSSR count). The minimum atomic E-state index is -2.23. The van der Waals surface area contributed by atoms with Gasteiger partial charge in [-0.15, -0.1) is 0 Å². The standard InChI is InChI=1S/C18H30N5O5P/c1-6-10(2)29(26)28-18(3,4)7-11-13(24)14(25)17(27-11)23-9-22-12-15(19-5)20-8-21-16(12)23/h8-11,13-14,17,24-25,29H,6-7H2,1-5H3,(H,19,20,21)/t10?,11-,13-,14-,17?/m1/s1. The van der Waals surface area contributed by atoms with Gasteiger partial charge in [0.25, 0.3) is 0 Å². The van der Waals surface area contributed by atoms with Crippen molar-refractivity contribution in [2.24, 2.45) is 0 Å². The Morgan fingerprint density at radius 2 is 2.07 bits per heavy atom. The highest BCUT2D eigenvalue weighted by molar-refractivity contribution is 7.40. The van der Waals surface area contributed by atoms with Crippen LogP contribution in [0.4, 0.5) is 5.82 Å². The van der Waals surface area contributed by atoms with Crippen LogP contribution < -0.4 is 5.32 Å². The topological polar surface area (TPSA) is 132 Å². The molecule has 2 aromatic rings. The Morgan fingerprint density at radius 1 is 1.34 bits per heavy atom. The summed E-state index contributed by atoms with van der Waals surface area (Å²) in [7, 11) is -0.497. The third-order valence-corrected chi connectivity index (χ3v) is 7.26. The first kappa shape index (κ1) is 22.1. The summed E-state index contributed by atoms with van der Waals surface area (Å²) in [5, 5.41) is 24.1. The van der Waals surface area contributed by atoms with Gasteiger partial charge in [-0.25, -0.2) is 15.0 Å². The van der Waals surface area contributed by atoms with E-state index < -0.39 is 38.2 Å². The van der Waals surface area contributed by atoms with Gasteiger partial charge in [0, 0.05) is 19.1 Å². The highest BCUT2D eigenvalue weighted by Gasteiger charge is 2.46. The maximum atomic E-state index is 12.3. The summed E-state index contributed by atoms with van der Waals surface area (Å²) < 4.78 is 25.7. The fourth-order valence-corrected chi connectivity index (χ4v) is 4.58. The van der Waals surface area contributed by atoms with E-state index in [1.54, 1.807) is 11.6 Å². The number of nitrogens with zero attached hydrogens (tertiary/aromatic N) is 4. The summed E-state index contributed by atoms with van der Waals surface area (Å²) in [5.41, 5.74) is 0.224. The van der Waals surface area contributed by atoms with Crippen molar-refractivity contribution < 1.29 is 24.0 Å². The maximum absolute atomic E-state index is 12.3. The summed E-state index contributed by atoms with van der Waals surface area (Å²) in [4.78, 5) is 12.7. The molecule has 0 saturated carbocycles. The van der Waals surface area contributed by atoms with E-state index in [1.165, 1.54) is 12.7 Å². The molecule has 0 radical (unpaired) electrons. The molecule has 0 bridgehead atoms. The third-order valence-electron chi connectivity index (χ3n) is 5.29. The van der Waals surface area contributed by atoms with Crippen LogP contribution in [0.25, 0.3) is 11.2 Å². The first-order valence-corrected chi connectivity index (χ1v) is 11.2. The van der Waals surface area contributed by atoms with Crippen molar-refractivity contribution in [2.75, 3.05) is 12.4 Å². The summed E-state index contributed by atoms with van der Waals surface area (Å²) in [6, 6.07) is 0. The summed E-state index contributed by atoms with van der Waals surface area (Å²) in [5.74, 6) is 0.558. The van der Waals surface area contributed by atoms with Gasteiger partial charge in [0.05, 0.1) is 18.0 Å². The Hall–Kier alpha value is -1.58. The van der Waals surface area contributed by atoms with Crippen molar-refractivity contribution in [1.82, 2.24) is 19.5 Å². The number of hydrogen-bond acceptors (Lipinski definition) is 9. The molecule has 11 heteroatoms. The number of aliphatic hydroxyl groups excluding tert-OH is 2. The molecule has 0 aromatic carbocycles. The normalized spacial score (nSPS) is 27.3. The molecule has 2 aromatic heterocycles. The van der Waals surface area contributed by atoms with Gasteiger partial charge in [-0.1, -0.05) is 13.8 Å². The molecular weight excluding hydrogens is 397 g/mol. The molecule has 162 valence electrons. The number of imidazole rings is 1. The lowest BCUT2D eigenvalue weighted by Crippen LogP contribution is -2.36. The van der Waals surface area contributed by atoms with Crippen LogP contribution in [0.3, 0.4) is 0 Å². The summed E-state index contributed by atoms with van der Waals surface area (Å²) in [6.45, 7) is 7.48. The quantitative estimate of drug-likeness (QED) is 0.541. The van der Waals surface area contributed by atoms with Crippen LogP contribution in [0.5, 0.6) is 0 Å². The van der Waals surface area contributed by atoms with Gasteiger partial charge >= 0.3 is 0 Å². The van der Waals surface area contributed by atoms with Crippen molar-refractivity contribution in [3.63, 3.8) is 0 Å². The van der Waals surface area contributed by atoms with Gasteiger partial charge in [-0.3, -0.25) is 9.13 Å². The van der Waals surface area contributed by atoms with Crippen molar-refractivity contribution in [3.8, 4) is 0 Å². The number of rotatable bonds is 8. The Bertz CT molecular complexity index is 875. The molecule has 0 amide bonds. The van der Waals surface area contributed by atoms with Gasteiger partial charge in [0.2, 0.25) is 0 Å². The van der Waals surface area contributed by atoms with E-state index in [-0.39, 0.29) is 12.1 Å². The third kappa shape index (κ3) is 4.46. The van der Waals surface area contributed by atoms with Crippen LogP contribution in [0, 0.1) is 0 Å². The molecule has 1 aliphatic heterocycles. The first-order valence-electron chi connectivity index (χ1n) is 9.78. The van der Waals surface area contributed by atoms with Gasteiger partial charge in [-0.2, -0.15) is 0 Å². The molecule has 1 fully saturated rings. The highest BCUT2D eigenvalue weighted by Crippen LogP contribution is 2.41. The maximum Gasteiger partial charge on any atom is 0.194 e. The molecule has 0 aliphatic carbocycles. The predicted molar refractivity (Wildman–Crippen MR) is 109 cm³/mol. The molecule has 1 saturated heterocycles. The van der Waals surface area contributed by atoms with Crippen LogP contribution in [0.2, 0.25) is 0 Å². The van der Waals surface area contributed by atoms with Crippen molar-refractivity contribution in [3.05, 3.63) is 12.7 Å². The second-order valence-electron chi connectivity index (χ2n) is 8.04. The van der Waals surface area contributed by atoms with Crippen molar-refractivity contribution in [2.45, 2.75) is 76.3 Å². The first-order chi connectivity index (χ1) is 13.7. The molecule has 3 heterocycles. The van der Waals surface area contributed by atoms with E-state index in [1.807, 2.05) is 27.7 Å². The SMILES string of the molecule is CCC(C)[PH](=O)OC(C)(C)C[C@H]1OC(n2cnc3c(NC)ncnc32)[C@H](O)[C@@H]1O. The smallest absolute Gasteiger partial charge is 0.194 e. The van der Waals surface area contributed by atoms with Crippen molar-refractivity contribution in [1.29, 1.82) is 0 Å². The van der Waals surface area contributed by atoms with E-state index >= 15 is 0 Å². The molecule has 10 nitrogen and oxygen atoms in total. The van der Waals surface area contributed by atoms with E-state index in [2.05, 4.69) is 20.3 Å². The monoisotopic (exact) mass is 427 g/mol. The predicted octanol–water partition coefficient (Wildman–Crippen LogP) is 1.95. The zero-order valence-corrected chi connectivity index (χ0v) is 18.4. The number of aromatic nitrogens is 4. The van der Waals surface area contributed by atoms with E-state index in [0.717, 1.165) is 6.42 Å². The number of aliphatic hydroxyl groups is 2. The lowest BCUT2D eigenvalue weighted by atomic mass is 9.97. The molecule has 3 N–H and O–H groups in total. The zero-order chi connectivity index (χ0) is 21.3. The zero-order valence-electron chi connectivity index (χ0n) is 17.4. The highest BCUT2D eigenvalue weighted by atomic mass is 31.1. The Morgan fingerprint density at radius 3 is 2.72 bits per heavy atom. The average molecular weight is 427 g/mol. The van der Waals surface area contributed by atoms with Gasteiger partial charge in [-0.05, 0) is 20.3 Å². The van der Waals surface area contributed by atoms with Crippen LogP contribution in [0.1, 0.15) is 46.8 Å². The number of fused-ring (bicyclic) bond motifs is 1. The van der Waals surface area contributed by atoms with Gasteiger partial charge in [0.15, 0.2) is 25.7 Å². The Labute approximate surface area is 170 Å². The van der Waals surface area contributed by atoms with Gasteiger partial charge in [0.1, 0.15) is 24.1 Å². The van der Waals surface area contributed by atoms with Gasteiger partial charge < -0.3 is 24.8 Å². The minimum Gasteiger partial charge on any atom is -0.388 e. The molecule has 6 atom stereocenters. The van der Waals surface area contributed by atoms with Crippen LogP contribution >= 0.6 is 8.03 Å². The molecular formula is C18H30N5O5P. The van der Waals surface area contributed by atoms with Crippen LogP contribution in [0.15, 0.2) is 12.7 Å². The molecule has 1 aliphatic rings. The fraction of sp³-hybridized carbons (Fsp3) is 0.722. The number of anilines is 1. The van der Waals surface area contributed by atoms with Crippen molar-refractivity contribution >= 4 is 25.0 Å². The average Bonchev–Trinajstić information content (AvgIpc) is 3.22. The lowest BCUT2D eigenvalue weighted by molar-refractivity contribution is -0.0578. The second-order valence-corrected chi connectivity index (χ2v) is 9.86. The number of hydrogen-bond donors (Lipinski definition) is 3. The van der Waals surface area contributed by atoms with E-state index in [9.17, 15) is 14.8 Å². The Kier molecular flexibility index (Phi) is 6.60. The molecule has 0 spiro atoms. The molecule has 3 unspecified atom stereocenters. The summed E-state index contributed by atoms with van der Waals surface area (Å²) >= 11 is 0. The van der Waals surface area contributed by atoms with Crippen LogP contribution in [-0.4, -0.2) is 66.4 Å². The number of nitrogens with one attached hydrogen (secondary N) is 1. The number of ether oxygens (including phenoxy) is 1. The second kappa shape index (κ2) is 8.65. The summed E-state index contributed by atoms with van der Waals surface area (Å²) in [6.07, 6.45) is 0.0864. The largest absolute Gasteiger partial charge is 0.388 e. The lowest BCUT2D eigenvalue weighted by Gasteiger charge is -2.30. The van der Waals surface area contributed by atoms with E-state index in [0.29, 0.717) is 17.0 Å². The fourth-order valence-electron chi connectivity index (χ4n) is 3.41. The Balaban J connectivity index is 1.78. The van der Waals surface area contributed by atoms with Crippen LogP contribution in [-0.2, 0) is 13.8 Å². The minimum absolute atomic E-state index is 0.0228.